The summed E-state index contributed by atoms with van der Waals surface area (Å²) in [6.45, 7) is 4.75. The van der Waals surface area contributed by atoms with Crippen LogP contribution in [0.5, 0.6) is 0 Å². The molecule has 0 aliphatic rings. The fourth-order valence-electron chi connectivity index (χ4n) is 2.23. The normalized spacial score (nSPS) is 12.4. The van der Waals surface area contributed by atoms with Crippen molar-refractivity contribution in [1.82, 2.24) is 9.78 Å². The molecule has 1 heterocycles. The number of nitrogens with two attached hydrogens (primary N) is 1. The van der Waals surface area contributed by atoms with Crippen molar-refractivity contribution in [2.24, 2.45) is 12.8 Å². The summed E-state index contributed by atoms with van der Waals surface area (Å²) in [5.41, 5.74) is 10.6. The lowest BCUT2D eigenvalue weighted by molar-refractivity contribution is 0.746. The number of aryl methyl sites for hydroxylation is 3. The third-order valence-corrected chi connectivity index (χ3v) is 3.28. The maximum absolute atomic E-state index is 5.92. The number of rotatable bonds is 5. The van der Waals surface area contributed by atoms with Crippen LogP contribution in [0, 0.1) is 6.92 Å². The van der Waals surface area contributed by atoms with E-state index in [1.807, 2.05) is 11.7 Å². The molecule has 0 saturated carbocycles. The van der Waals surface area contributed by atoms with Gasteiger partial charge in [0.05, 0.1) is 11.7 Å². The highest BCUT2D eigenvalue weighted by Crippen LogP contribution is 2.22. The van der Waals surface area contributed by atoms with E-state index >= 15 is 0 Å². The van der Waals surface area contributed by atoms with Gasteiger partial charge in [-0.2, -0.15) is 5.10 Å². The molecule has 1 aromatic carbocycles. The van der Waals surface area contributed by atoms with Crippen LogP contribution in [0.2, 0.25) is 0 Å². The summed E-state index contributed by atoms with van der Waals surface area (Å²) < 4.78 is 1.85. The van der Waals surface area contributed by atoms with E-state index in [1.165, 1.54) is 11.1 Å². The number of nitrogens with zero attached hydrogens (tertiary/aromatic N) is 2. The first-order valence-electron chi connectivity index (χ1n) is 6.69. The lowest BCUT2D eigenvalue weighted by Crippen LogP contribution is -2.21. The zero-order chi connectivity index (χ0) is 13.8. The number of benzene rings is 1. The summed E-state index contributed by atoms with van der Waals surface area (Å²) >= 11 is 0. The Labute approximate surface area is 114 Å². The maximum atomic E-state index is 5.92. The van der Waals surface area contributed by atoms with Crippen LogP contribution in [0.3, 0.4) is 0 Å². The summed E-state index contributed by atoms with van der Waals surface area (Å²) in [6, 6.07) is 8.46. The van der Waals surface area contributed by atoms with Crippen LogP contribution in [-0.2, 0) is 13.5 Å². The lowest BCUT2D eigenvalue weighted by atomic mass is 10.1. The molecule has 0 amide bonds. The van der Waals surface area contributed by atoms with Gasteiger partial charge in [-0.1, -0.05) is 24.6 Å². The summed E-state index contributed by atoms with van der Waals surface area (Å²) in [6.07, 6.45) is 2.97. The summed E-state index contributed by atoms with van der Waals surface area (Å²) in [4.78, 5) is 0. The van der Waals surface area contributed by atoms with E-state index in [0.29, 0.717) is 6.54 Å². The first kappa shape index (κ1) is 13.6. The van der Waals surface area contributed by atoms with Crippen molar-refractivity contribution in [2.45, 2.75) is 26.3 Å². The molecular weight excluding hydrogens is 236 g/mol. The molecule has 0 radical (unpaired) electrons. The molecule has 3 N–H and O–H groups in total. The minimum Gasteiger partial charge on any atom is -0.377 e. The average molecular weight is 258 g/mol. The number of anilines is 1. The van der Waals surface area contributed by atoms with Gasteiger partial charge in [-0.15, -0.1) is 0 Å². The van der Waals surface area contributed by atoms with Crippen LogP contribution in [0.4, 0.5) is 5.69 Å². The van der Waals surface area contributed by atoms with Crippen LogP contribution in [0.1, 0.15) is 29.8 Å². The van der Waals surface area contributed by atoms with E-state index in [2.05, 4.69) is 54.7 Å². The summed E-state index contributed by atoms with van der Waals surface area (Å²) in [5.74, 6) is 0. The molecule has 0 aliphatic heterocycles. The van der Waals surface area contributed by atoms with Gasteiger partial charge in [0.1, 0.15) is 0 Å². The Bertz CT molecular complexity index is 528. The van der Waals surface area contributed by atoms with Gasteiger partial charge in [0.2, 0.25) is 0 Å². The molecule has 0 aliphatic carbocycles. The monoisotopic (exact) mass is 258 g/mol. The fourth-order valence-corrected chi connectivity index (χ4v) is 2.23. The van der Waals surface area contributed by atoms with Crippen molar-refractivity contribution >= 4 is 5.69 Å². The molecule has 4 heteroatoms. The zero-order valence-corrected chi connectivity index (χ0v) is 11.9. The average Bonchev–Trinajstić information content (AvgIpc) is 2.79. The van der Waals surface area contributed by atoms with Crippen molar-refractivity contribution < 1.29 is 0 Å². The van der Waals surface area contributed by atoms with E-state index in [1.54, 1.807) is 0 Å². The van der Waals surface area contributed by atoms with Crippen molar-refractivity contribution in [2.75, 3.05) is 11.9 Å². The predicted molar refractivity (Wildman–Crippen MR) is 79.2 cm³/mol. The van der Waals surface area contributed by atoms with Gasteiger partial charge in [0.15, 0.2) is 0 Å². The van der Waals surface area contributed by atoms with Gasteiger partial charge < -0.3 is 11.1 Å². The first-order valence-corrected chi connectivity index (χ1v) is 6.69. The van der Waals surface area contributed by atoms with E-state index < -0.39 is 0 Å². The summed E-state index contributed by atoms with van der Waals surface area (Å²) in [5, 5.41) is 7.96. The lowest BCUT2D eigenvalue weighted by Gasteiger charge is -2.18. The van der Waals surface area contributed by atoms with Crippen molar-refractivity contribution in [3.05, 3.63) is 47.3 Å². The molecule has 2 aromatic rings. The van der Waals surface area contributed by atoms with E-state index in [9.17, 15) is 0 Å². The predicted octanol–water partition coefficient (Wildman–Crippen LogP) is 2.40. The fraction of sp³-hybridized carbons (Fsp3) is 0.400. The second kappa shape index (κ2) is 5.89. The molecule has 0 spiro atoms. The number of nitrogens with one attached hydrogen (secondary N) is 1. The molecule has 0 saturated heterocycles. The van der Waals surface area contributed by atoms with Crippen LogP contribution < -0.4 is 11.1 Å². The molecule has 102 valence electrons. The van der Waals surface area contributed by atoms with E-state index in [4.69, 9.17) is 5.73 Å². The van der Waals surface area contributed by atoms with E-state index in [-0.39, 0.29) is 6.04 Å². The van der Waals surface area contributed by atoms with Crippen molar-refractivity contribution in [1.29, 1.82) is 0 Å². The number of hydrogen-bond donors (Lipinski definition) is 2. The second-order valence-corrected chi connectivity index (χ2v) is 4.86. The Balaban J connectivity index is 2.22. The van der Waals surface area contributed by atoms with Gasteiger partial charge in [-0.25, -0.2) is 0 Å². The van der Waals surface area contributed by atoms with Crippen LogP contribution in [-0.4, -0.2) is 16.3 Å². The zero-order valence-electron chi connectivity index (χ0n) is 11.9. The second-order valence-electron chi connectivity index (χ2n) is 4.86. The number of aromatic nitrogens is 2. The Hall–Kier alpha value is -1.81. The minimum atomic E-state index is 0.103. The van der Waals surface area contributed by atoms with Gasteiger partial charge in [0, 0.05) is 31.0 Å². The van der Waals surface area contributed by atoms with Crippen LogP contribution in [0.15, 0.2) is 30.5 Å². The standard InChI is InChI=1S/C15H22N4/c1-4-14-13(10-19(3)18-14)15(9-16)17-12-7-5-11(2)6-8-12/h5-8,10,15,17H,4,9,16H2,1-3H3. The van der Waals surface area contributed by atoms with Gasteiger partial charge >= 0.3 is 0 Å². The summed E-state index contributed by atoms with van der Waals surface area (Å²) in [7, 11) is 1.95. The topological polar surface area (TPSA) is 55.9 Å². The van der Waals surface area contributed by atoms with Crippen molar-refractivity contribution in [3.8, 4) is 0 Å². The van der Waals surface area contributed by atoms with E-state index in [0.717, 1.165) is 17.8 Å². The molecule has 0 bridgehead atoms. The SMILES string of the molecule is CCc1nn(C)cc1C(CN)Nc1ccc(C)cc1. The Morgan fingerprint density at radius 2 is 2.00 bits per heavy atom. The molecular formula is C15H22N4. The highest BCUT2D eigenvalue weighted by atomic mass is 15.3. The van der Waals surface area contributed by atoms with Crippen LogP contribution in [0.25, 0.3) is 0 Å². The molecule has 4 nitrogen and oxygen atoms in total. The van der Waals surface area contributed by atoms with Gasteiger partial charge in [-0.05, 0) is 25.5 Å². The Kier molecular flexibility index (Phi) is 4.22. The third-order valence-electron chi connectivity index (χ3n) is 3.28. The quantitative estimate of drug-likeness (QED) is 0.866. The molecule has 1 aromatic heterocycles. The molecule has 2 rings (SSSR count). The minimum absolute atomic E-state index is 0.103. The molecule has 1 atom stereocenters. The highest BCUT2D eigenvalue weighted by Gasteiger charge is 2.16. The maximum Gasteiger partial charge on any atom is 0.0674 e. The first-order chi connectivity index (χ1) is 9.13. The smallest absolute Gasteiger partial charge is 0.0674 e. The van der Waals surface area contributed by atoms with Gasteiger partial charge in [-0.3, -0.25) is 4.68 Å². The molecule has 0 fully saturated rings. The largest absolute Gasteiger partial charge is 0.377 e. The highest BCUT2D eigenvalue weighted by molar-refractivity contribution is 5.47. The number of hydrogen-bond acceptors (Lipinski definition) is 3. The third kappa shape index (κ3) is 3.15. The van der Waals surface area contributed by atoms with Crippen molar-refractivity contribution in [3.63, 3.8) is 0 Å². The van der Waals surface area contributed by atoms with Crippen LogP contribution >= 0.6 is 0 Å². The molecule has 1 unspecified atom stereocenters. The van der Waals surface area contributed by atoms with Gasteiger partial charge in [0.25, 0.3) is 0 Å². The Morgan fingerprint density at radius 1 is 1.32 bits per heavy atom. The Morgan fingerprint density at radius 3 is 2.58 bits per heavy atom. The molecule has 19 heavy (non-hydrogen) atoms.